The molecule has 0 radical (unpaired) electrons. The lowest BCUT2D eigenvalue weighted by Gasteiger charge is -2.16. The van der Waals surface area contributed by atoms with Gasteiger partial charge < -0.3 is 4.74 Å². The van der Waals surface area contributed by atoms with Crippen molar-refractivity contribution in [3.8, 4) is 24.2 Å². The van der Waals surface area contributed by atoms with E-state index in [0.29, 0.717) is 0 Å². The van der Waals surface area contributed by atoms with E-state index in [2.05, 4.69) is 17.8 Å². The molecule has 0 amide bonds. The summed E-state index contributed by atoms with van der Waals surface area (Å²) < 4.78 is 4.83. The Balaban J connectivity index is 4.25. The molecule has 0 bridgehead atoms. The van der Waals surface area contributed by atoms with Crippen molar-refractivity contribution in [2.24, 2.45) is 0 Å². The summed E-state index contributed by atoms with van der Waals surface area (Å²) in [7, 11) is 0. The van der Waals surface area contributed by atoms with Crippen LogP contribution in [0.25, 0.3) is 0 Å². The molecule has 0 saturated carbocycles. The second-order valence-electron chi connectivity index (χ2n) is 2.50. The van der Waals surface area contributed by atoms with Gasteiger partial charge >= 0.3 is 5.97 Å². The maximum absolute atomic E-state index is 10.5. The van der Waals surface area contributed by atoms with Gasteiger partial charge in [0, 0.05) is 6.92 Å². The van der Waals surface area contributed by atoms with E-state index in [4.69, 9.17) is 11.2 Å². The van der Waals surface area contributed by atoms with Crippen LogP contribution in [0.2, 0.25) is 0 Å². The van der Waals surface area contributed by atoms with Crippen LogP contribution in [0.1, 0.15) is 20.8 Å². The summed E-state index contributed by atoms with van der Waals surface area (Å²) in [5, 5.41) is 0. The first-order chi connectivity index (χ1) is 4.98. The molecule has 0 aromatic rings. The molecule has 0 spiro atoms. The molecule has 2 heteroatoms. The summed E-state index contributed by atoms with van der Waals surface area (Å²) in [4.78, 5) is 10.5. The van der Waals surface area contributed by atoms with E-state index in [1.54, 1.807) is 13.8 Å². The molecule has 11 heavy (non-hydrogen) atoms. The lowest BCUT2D eigenvalue weighted by atomic mass is 10.1. The molecule has 0 aliphatic rings. The second kappa shape index (κ2) is 3.68. The fourth-order valence-electron chi connectivity index (χ4n) is 0.571. The minimum absolute atomic E-state index is 0.360. The number of terminal acetylenes is 1. The standard InChI is InChI=1S/C9H10O2/c1-5-6-7-9(3,4)11-8(2)10/h1H,2-4H3. The number of esters is 1. The molecule has 0 saturated heterocycles. The molecule has 0 aliphatic heterocycles. The Bertz CT molecular complexity index is 245. The van der Waals surface area contributed by atoms with Crippen LogP contribution in [-0.2, 0) is 9.53 Å². The molecule has 0 atom stereocenters. The SMILES string of the molecule is C#CC#CC(C)(C)OC(C)=O. The Kier molecular flexibility index (Phi) is 3.21. The minimum atomic E-state index is -0.780. The fraction of sp³-hybridized carbons (Fsp3) is 0.444. The summed E-state index contributed by atoms with van der Waals surface area (Å²) in [5.74, 6) is 6.79. The monoisotopic (exact) mass is 150 g/mol. The molecule has 0 unspecified atom stereocenters. The normalized spacial score (nSPS) is 8.91. The lowest BCUT2D eigenvalue weighted by molar-refractivity contribution is -0.148. The van der Waals surface area contributed by atoms with Crippen molar-refractivity contribution in [1.82, 2.24) is 0 Å². The Labute approximate surface area is 66.9 Å². The van der Waals surface area contributed by atoms with Gasteiger partial charge in [-0.3, -0.25) is 4.79 Å². The van der Waals surface area contributed by atoms with E-state index in [-0.39, 0.29) is 5.97 Å². The summed E-state index contributed by atoms with van der Waals surface area (Å²) in [6.07, 6.45) is 4.90. The third-order valence-electron chi connectivity index (χ3n) is 0.835. The second-order valence-corrected chi connectivity index (χ2v) is 2.50. The Morgan fingerprint density at radius 2 is 2.09 bits per heavy atom. The van der Waals surface area contributed by atoms with Crippen molar-refractivity contribution in [3.05, 3.63) is 0 Å². The van der Waals surface area contributed by atoms with Crippen LogP contribution in [0.15, 0.2) is 0 Å². The highest BCUT2D eigenvalue weighted by atomic mass is 16.6. The third kappa shape index (κ3) is 5.06. The zero-order chi connectivity index (χ0) is 8.91. The average molecular weight is 150 g/mol. The van der Waals surface area contributed by atoms with Crippen molar-refractivity contribution in [3.63, 3.8) is 0 Å². The molecule has 0 aromatic carbocycles. The predicted molar refractivity (Wildman–Crippen MR) is 42.5 cm³/mol. The highest BCUT2D eigenvalue weighted by Crippen LogP contribution is 2.06. The summed E-state index contributed by atoms with van der Waals surface area (Å²) in [5.41, 5.74) is -0.780. The molecule has 0 N–H and O–H groups in total. The Morgan fingerprint density at radius 3 is 2.45 bits per heavy atom. The smallest absolute Gasteiger partial charge is 0.304 e. The predicted octanol–water partition coefficient (Wildman–Crippen LogP) is 0.965. The zero-order valence-corrected chi connectivity index (χ0v) is 6.89. The van der Waals surface area contributed by atoms with Gasteiger partial charge in [-0.2, -0.15) is 0 Å². The van der Waals surface area contributed by atoms with Crippen LogP contribution in [0.3, 0.4) is 0 Å². The van der Waals surface area contributed by atoms with E-state index in [1.165, 1.54) is 6.92 Å². The van der Waals surface area contributed by atoms with Crippen molar-refractivity contribution in [2.45, 2.75) is 26.4 Å². The first-order valence-corrected chi connectivity index (χ1v) is 3.15. The van der Waals surface area contributed by atoms with Crippen LogP contribution < -0.4 is 0 Å². The number of ether oxygens (including phenoxy) is 1. The van der Waals surface area contributed by atoms with Gasteiger partial charge in [0.15, 0.2) is 5.60 Å². The van der Waals surface area contributed by atoms with Gasteiger partial charge in [-0.05, 0) is 31.6 Å². The molecule has 2 nitrogen and oxygen atoms in total. The van der Waals surface area contributed by atoms with Gasteiger partial charge in [0.2, 0.25) is 0 Å². The largest absolute Gasteiger partial charge is 0.447 e. The van der Waals surface area contributed by atoms with Crippen molar-refractivity contribution < 1.29 is 9.53 Å². The van der Waals surface area contributed by atoms with Crippen molar-refractivity contribution in [1.29, 1.82) is 0 Å². The van der Waals surface area contributed by atoms with E-state index >= 15 is 0 Å². The van der Waals surface area contributed by atoms with Gasteiger partial charge in [0.25, 0.3) is 0 Å². The highest BCUT2D eigenvalue weighted by Gasteiger charge is 2.16. The van der Waals surface area contributed by atoms with E-state index in [1.807, 2.05) is 0 Å². The van der Waals surface area contributed by atoms with Gasteiger partial charge in [0.05, 0.1) is 0 Å². The zero-order valence-electron chi connectivity index (χ0n) is 6.89. The fourth-order valence-corrected chi connectivity index (χ4v) is 0.571. The average Bonchev–Trinajstić information content (AvgIpc) is 1.81. The van der Waals surface area contributed by atoms with Crippen LogP contribution >= 0.6 is 0 Å². The maximum atomic E-state index is 10.5. The molecule has 0 aromatic heterocycles. The Hall–Kier alpha value is -1.41. The van der Waals surface area contributed by atoms with Gasteiger partial charge in [0.1, 0.15) is 0 Å². The first kappa shape index (κ1) is 9.59. The molecular weight excluding hydrogens is 140 g/mol. The Morgan fingerprint density at radius 1 is 1.55 bits per heavy atom. The molecular formula is C9H10O2. The summed E-state index contributed by atoms with van der Waals surface area (Å²) in [6.45, 7) is 4.69. The van der Waals surface area contributed by atoms with Gasteiger partial charge in [-0.25, -0.2) is 0 Å². The van der Waals surface area contributed by atoms with Crippen LogP contribution in [0, 0.1) is 24.2 Å². The number of hydrogen-bond acceptors (Lipinski definition) is 2. The van der Waals surface area contributed by atoms with Crippen molar-refractivity contribution >= 4 is 5.97 Å². The molecule has 0 rings (SSSR count). The van der Waals surface area contributed by atoms with E-state index < -0.39 is 5.60 Å². The third-order valence-corrected chi connectivity index (χ3v) is 0.835. The first-order valence-electron chi connectivity index (χ1n) is 3.15. The topological polar surface area (TPSA) is 26.3 Å². The van der Waals surface area contributed by atoms with Crippen molar-refractivity contribution in [2.75, 3.05) is 0 Å². The number of carbonyl (C=O) groups excluding carboxylic acids is 1. The molecule has 0 aliphatic carbocycles. The highest BCUT2D eigenvalue weighted by molar-refractivity contribution is 5.67. The molecule has 58 valence electrons. The minimum Gasteiger partial charge on any atom is -0.447 e. The van der Waals surface area contributed by atoms with E-state index in [9.17, 15) is 4.79 Å². The van der Waals surface area contributed by atoms with Crippen LogP contribution in [-0.4, -0.2) is 11.6 Å². The number of rotatable bonds is 1. The quantitative estimate of drug-likeness (QED) is 0.411. The van der Waals surface area contributed by atoms with Crippen LogP contribution in [0.4, 0.5) is 0 Å². The maximum Gasteiger partial charge on any atom is 0.304 e. The molecule has 0 heterocycles. The summed E-state index contributed by atoms with van der Waals surface area (Å²) in [6, 6.07) is 0. The van der Waals surface area contributed by atoms with Gasteiger partial charge in [-0.1, -0.05) is 0 Å². The van der Waals surface area contributed by atoms with Gasteiger partial charge in [-0.15, -0.1) is 6.42 Å². The number of carbonyl (C=O) groups is 1. The number of hydrogen-bond donors (Lipinski definition) is 0. The van der Waals surface area contributed by atoms with E-state index in [0.717, 1.165) is 0 Å². The molecule has 0 fully saturated rings. The lowest BCUT2D eigenvalue weighted by Crippen LogP contribution is -2.24. The van der Waals surface area contributed by atoms with Crippen LogP contribution in [0.5, 0.6) is 0 Å². The summed E-state index contributed by atoms with van der Waals surface area (Å²) >= 11 is 0.